The van der Waals surface area contributed by atoms with Crippen LogP contribution in [0.2, 0.25) is 0 Å². The fourth-order valence-electron chi connectivity index (χ4n) is 2.56. The highest BCUT2D eigenvalue weighted by molar-refractivity contribution is 14.1. The first-order valence-corrected chi connectivity index (χ1v) is 5.77. The Bertz CT molecular complexity index is 136. The fraction of sp³-hybridized carbons (Fsp3) is 1.00. The zero-order valence-corrected chi connectivity index (χ0v) is 9.09. The monoisotopic (exact) mass is 265 g/mol. The molecule has 0 radical (unpaired) electrons. The van der Waals surface area contributed by atoms with Crippen LogP contribution in [0.3, 0.4) is 0 Å². The second kappa shape index (κ2) is 3.60. The minimum absolute atomic E-state index is 0.943. The molecule has 2 atom stereocenters. The van der Waals surface area contributed by atoms with Crippen molar-refractivity contribution < 1.29 is 0 Å². The lowest BCUT2D eigenvalue weighted by Gasteiger charge is -2.40. The number of rotatable bonds is 0. The van der Waals surface area contributed by atoms with Gasteiger partial charge in [-0.2, -0.15) is 0 Å². The number of piperidine rings is 1. The van der Waals surface area contributed by atoms with Crippen molar-refractivity contribution in [1.82, 2.24) is 3.11 Å². The molecule has 2 aliphatic rings. The van der Waals surface area contributed by atoms with Gasteiger partial charge in [0.05, 0.1) is 0 Å². The Kier molecular flexibility index (Phi) is 2.72. The number of fused-ring (bicyclic) bond motifs is 1. The topological polar surface area (TPSA) is 3.24 Å². The van der Waals surface area contributed by atoms with Crippen molar-refractivity contribution in [2.45, 2.75) is 44.6 Å². The van der Waals surface area contributed by atoms with Gasteiger partial charge in [0, 0.05) is 35.5 Å². The summed E-state index contributed by atoms with van der Waals surface area (Å²) in [5.74, 6) is 1.05. The Labute approximate surface area is 83.0 Å². The lowest BCUT2D eigenvalue weighted by Crippen LogP contribution is -2.40. The van der Waals surface area contributed by atoms with Crippen molar-refractivity contribution in [3.8, 4) is 0 Å². The molecule has 2 rings (SSSR count). The van der Waals surface area contributed by atoms with Crippen LogP contribution in [0.5, 0.6) is 0 Å². The highest BCUT2D eigenvalue weighted by atomic mass is 127. The van der Waals surface area contributed by atoms with Crippen LogP contribution >= 0.6 is 22.9 Å². The second-order valence-electron chi connectivity index (χ2n) is 3.88. The molecular weight excluding hydrogens is 249 g/mol. The highest BCUT2D eigenvalue weighted by Gasteiger charge is 2.31. The van der Waals surface area contributed by atoms with Crippen molar-refractivity contribution in [1.29, 1.82) is 0 Å². The van der Waals surface area contributed by atoms with Crippen LogP contribution in [0.25, 0.3) is 0 Å². The van der Waals surface area contributed by atoms with E-state index in [1.165, 1.54) is 45.1 Å². The Morgan fingerprint density at radius 3 is 2.55 bits per heavy atom. The van der Waals surface area contributed by atoms with E-state index < -0.39 is 0 Å². The molecule has 11 heavy (non-hydrogen) atoms. The summed E-state index contributed by atoms with van der Waals surface area (Å²) < 4.78 is 2.56. The predicted molar refractivity (Wildman–Crippen MR) is 55.7 cm³/mol. The zero-order valence-electron chi connectivity index (χ0n) is 6.93. The molecular formula is C9H16IN. The third kappa shape index (κ3) is 1.72. The van der Waals surface area contributed by atoms with Crippen molar-refractivity contribution >= 4 is 22.9 Å². The Balaban J connectivity index is 1.99. The lowest BCUT2D eigenvalue weighted by molar-refractivity contribution is 0.153. The van der Waals surface area contributed by atoms with Gasteiger partial charge < -0.3 is 0 Å². The molecule has 64 valence electrons. The van der Waals surface area contributed by atoms with Crippen molar-refractivity contribution in [3.05, 3.63) is 0 Å². The molecule has 0 aromatic rings. The Hall–Kier alpha value is 0.690. The first-order chi connectivity index (χ1) is 5.38. The van der Waals surface area contributed by atoms with Gasteiger partial charge in [-0.1, -0.05) is 12.8 Å². The number of halogens is 1. The molecule has 1 saturated heterocycles. The van der Waals surface area contributed by atoms with E-state index in [2.05, 4.69) is 26.0 Å². The minimum atomic E-state index is 0.943. The van der Waals surface area contributed by atoms with E-state index in [4.69, 9.17) is 0 Å². The second-order valence-corrected chi connectivity index (χ2v) is 5.12. The predicted octanol–water partition coefficient (Wildman–Crippen LogP) is 2.99. The third-order valence-corrected chi connectivity index (χ3v) is 4.37. The molecule has 2 heteroatoms. The molecule has 0 aromatic carbocycles. The quantitative estimate of drug-likeness (QED) is 0.480. The molecule has 0 aromatic heterocycles. The van der Waals surface area contributed by atoms with Gasteiger partial charge in [0.15, 0.2) is 0 Å². The third-order valence-electron chi connectivity index (χ3n) is 3.18. The van der Waals surface area contributed by atoms with Gasteiger partial charge in [-0.15, -0.1) is 0 Å². The normalized spacial score (nSPS) is 40.1. The zero-order chi connectivity index (χ0) is 7.68. The molecule has 0 amide bonds. The summed E-state index contributed by atoms with van der Waals surface area (Å²) in [5, 5.41) is 0. The van der Waals surface area contributed by atoms with Crippen LogP contribution in [-0.2, 0) is 0 Å². The van der Waals surface area contributed by atoms with Gasteiger partial charge in [0.1, 0.15) is 0 Å². The Morgan fingerprint density at radius 2 is 1.73 bits per heavy atom. The lowest BCUT2D eigenvalue weighted by atomic mass is 9.80. The maximum Gasteiger partial charge on any atom is 0.0222 e. The van der Waals surface area contributed by atoms with E-state index in [0.29, 0.717) is 0 Å². The van der Waals surface area contributed by atoms with Gasteiger partial charge in [-0.05, 0) is 31.6 Å². The van der Waals surface area contributed by atoms with E-state index in [0.717, 1.165) is 12.0 Å². The summed E-state index contributed by atoms with van der Waals surface area (Å²) in [6.45, 7) is 1.34. The summed E-state index contributed by atoms with van der Waals surface area (Å²) in [4.78, 5) is 0. The van der Waals surface area contributed by atoms with Crippen LogP contribution < -0.4 is 0 Å². The smallest absolute Gasteiger partial charge is 0.0222 e. The van der Waals surface area contributed by atoms with E-state index in [-0.39, 0.29) is 0 Å². The van der Waals surface area contributed by atoms with Gasteiger partial charge in [-0.3, -0.25) is 0 Å². The van der Waals surface area contributed by atoms with Gasteiger partial charge in [0.25, 0.3) is 0 Å². The molecule has 0 spiro atoms. The van der Waals surface area contributed by atoms with E-state index in [9.17, 15) is 0 Å². The molecule has 1 saturated carbocycles. The van der Waals surface area contributed by atoms with Crippen LogP contribution in [0.1, 0.15) is 38.5 Å². The summed E-state index contributed by atoms with van der Waals surface area (Å²) >= 11 is 2.52. The summed E-state index contributed by atoms with van der Waals surface area (Å²) in [6, 6.07) is 0.943. The largest absolute Gasteiger partial charge is 0.244 e. The molecule has 2 fully saturated rings. The van der Waals surface area contributed by atoms with Crippen molar-refractivity contribution in [2.24, 2.45) is 5.92 Å². The molecule has 1 heterocycles. The van der Waals surface area contributed by atoms with Gasteiger partial charge in [-0.25, -0.2) is 3.11 Å². The summed E-state index contributed by atoms with van der Waals surface area (Å²) in [5.41, 5.74) is 0. The molecule has 1 aliphatic heterocycles. The van der Waals surface area contributed by atoms with Crippen LogP contribution in [0.15, 0.2) is 0 Å². The first kappa shape index (κ1) is 8.30. The molecule has 1 nitrogen and oxygen atoms in total. The number of hydrogen-bond acceptors (Lipinski definition) is 1. The van der Waals surface area contributed by atoms with Gasteiger partial charge >= 0.3 is 0 Å². The fourth-order valence-corrected chi connectivity index (χ4v) is 3.64. The van der Waals surface area contributed by atoms with E-state index in [1.807, 2.05) is 0 Å². The maximum atomic E-state index is 2.56. The average molecular weight is 265 g/mol. The van der Waals surface area contributed by atoms with Crippen molar-refractivity contribution in [2.75, 3.05) is 6.54 Å². The maximum absolute atomic E-state index is 2.56. The average Bonchev–Trinajstić information content (AvgIpc) is 2.06. The number of nitrogens with zero attached hydrogens (tertiary/aromatic N) is 1. The molecule has 0 N–H and O–H groups in total. The Morgan fingerprint density at radius 1 is 1.00 bits per heavy atom. The van der Waals surface area contributed by atoms with Crippen LogP contribution in [-0.4, -0.2) is 15.7 Å². The highest BCUT2D eigenvalue weighted by Crippen LogP contribution is 2.36. The molecule has 2 unspecified atom stereocenters. The van der Waals surface area contributed by atoms with Crippen LogP contribution in [0, 0.1) is 5.92 Å². The van der Waals surface area contributed by atoms with E-state index >= 15 is 0 Å². The number of hydrogen-bond donors (Lipinski definition) is 0. The summed E-state index contributed by atoms with van der Waals surface area (Å²) in [7, 11) is 0. The minimum Gasteiger partial charge on any atom is -0.244 e. The van der Waals surface area contributed by atoms with Gasteiger partial charge in [0.2, 0.25) is 0 Å². The standard InChI is InChI=1S/C9H16IN/c10-11-7-3-5-8-4-1-2-6-9(8)11/h8-9H,1-7H2. The van der Waals surface area contributed by atoms with E-state index in [1.54, 1.807) is 0 Å². The SMILES string of the molecule is IN1CCCC2CCCCC21. The molecule has 0 bridgehead atoms. The first-order valence-electron chi connectivity index (χ1n) is 4.80. The molecule has 1 aliphatic carbocycles. The van der Waals surface area contributed by atoms with Crippen LogP contribution in [0.4, 0.5) is 0 Å². The van der Waals surface area contributed by atoms with Crippen molar-refractivity contribution in [3.63, 3.8) is 0 Å². The summed E-state index contributed by atoms with van der Waals surface area (Å²) in [6.07, 6.45) is 8.87.